The van der Waals surface area contributed by atoms with Crippen LogP contribution in [-0.4, -0.2) is 39.9 Å². The molecule has 0 amide bonds. The summed E-state index contributed by atoms with van der Waals surface area (Å²) < 4.78 is 39.3. The van der Waals surface area contributed by atoms with E-state index in [1.54, 1.807) is 25.1 Å². The fourth-order valence-electron chi connectivity index (χ4n) is 3.77. The molecular weight excluding hydrogens is 431 g/mol. The molecule has 32 heavy (non-hydrogen) atoms. The highest BCUT2D eigenvalue weighted by Gasteiger charge is 2.49. The van der Waals surface area contributed by atoms with Crippen molar-refractivity contribution in [2.24, 2.45) is 10.7 Å². The van der Waals surface area contributed by atoms with E-state index in [1.165, 1.54) is 32.3 Å². The number of aliphatic imine (C=N–C) groups is 1. The minimum absolute atomic E-state index is 0.0456. The Morgan fingerprint density at radius 2 is 1.97 bits per heavy atom. The van der Waals surface area contributed by atoms with Gasteiger partial charge in [-0.15, -0.1) is 0 Å². The summed E-state index contributed by atoms with van der Waals surface area (Å²) >= 11 is 0. The molecule has 0 saturated heterocycles. The van der Waals surface area contributed by atoms with Crippen molar-refractivity contribution in [2.45, 2.75) is 37.5 Å². The Morgan fingerprint density at radius 3 is 2.66 bits per heavy atom. The van der Waals surface area contributed by atoms with Crippen LogP contribution in [0.5, 0.6) is 0 Å². The Hall–Kier alpha value is -3.45. The number of fused-ring (bicyclic) bond motifs is 1. The first kappa shape index (κ1) is 21.8. The number of rotatable bonds is 3. The zero-order valence-corrected chi connectivity index (χ0v) is 18.6. The number of pyridine rings is 1. The first-order valence-corrected chi connectivity index (χ1v) is 11.5. The SMILES string of the molecule is [C-]#[N+]c1cnc2c(Cc3ccc(F)c([C@]4(C)CS(=O)(=O)C(C)(C)C(N)=N4)c3)nncc2c1. The molecule has 0 bridgehead atoms. The van der Waals surface area contributed by atoms with Crippen LogP contribution in [0.2, 0.25) is 0 Å². The average Bonchev–Trinajstić information content (AvgIpc) is 2.73. The smallest absolute Gasteiger partial charge is 0.205 e. The first-order chi connectivity index (χ1) is 15.0. The Kier molecular flexibility index (Phi) is 4.97. The highest BCUT2D eigenvalue weighted by molar-refractivity contribution is 7.93. The molecule has 0 aliphatic carbocycles. The predicted octanol–water partition coefficient (Wildman–Crippen LogP) is 3.08. The van der Waals surface area contributed by atoms with Crippen LogP contribution in [0, 0.1) is 12.4 Å². The molecule has 4 rings (SSSR count). The summed E-state index contributed by atoms with van der Waals surface area (Å²) in [6.45, 7) is 11.7. The molecule has 0 fully saturated rings. The van der Waals surface area contributed by atoms with Crippen molar-refractivity contribution < 1.29 is 12.8 Å². The van der Waals surface area contributed by atoms with Crippen LogP contribution in [0.15, 0.2) is 41.7 Å². The van der Waals surface area contributed by atoms with Gasteiger partial charge < -0.3 is 5.73 Å². The zero-order valence-electron chi connectivity index (χ0n) is 17.8. The van der Waals surface area contributed by atoms with Crippen LogP contribution in [0.25, 0.3) is 15.7 Å². The number of nitrogens with zero attached hydrogens (tertiary/aromatic N) is 5. The topological polar surface area (TPSA) is 116 Å². The van der Waals surface area contributed by atoms with E-state index < -0.39 is 25.9 Å². The molecular formula is C22H21FN6O2S. The van der Waals surface area contributed by atoms with Crippen molar-refractivity contribution in [3.63, 3.8) is 0 Å². The predicted molar refractivity (Wildman–Crippen MR) is 120 cm³/mol. The number of hydrogen-bond acceptors (Lipinski definition) is 7. The van der Waals surface area contributed by atoms with Gasteiger partial charge in [0.05, 0.1) is 29.7 Å². The summed E-state index contributed by atoms with van der Waals surface area (Å²) in [4.78, 5) is 12.1. The van der Waals surface area contributed by atoms with Crippen molar-refractivity contribution in [2.75, 3.05) is 5.75 Å². The Morgan fingerprint density at radius 1 is 1.22 bits per heavy atom. The Balaban J connectivity index is 1.78. The summed E-state index contributed by atoms with van der Waals surface area (Å²) in [5.41, 5.74) is 7.02. The van der Waals surface area contributed by atoms with E-state index in [9.17, 15) is 12.8 Å². The van der Waals surface area contributed by atoms with Gasteiger partial charge in [0.15, 0.2) is 9.84 Å². The van der Waals surface area contributed by atoms with Crippen molar-refractivity contribution >= 4 is 32.3 Å². The third-order valence-electron chi connectivity index (χ3n) is 5.90. The van der Waals surface area contributed by atoms with E-state index >= 15 is 0 Å². The molecule has 164 valence electrons. The normalized spacial score (nSPS) is 21.7. The summed E-state index contributed by atoms with van der Waals surface area (Å²) in [6.07, 6.45) is 3.28. The Bertz CT molecular complexity index is 1430. The first-order valence-electron chi connectivity index (χ1n) is 9.82. The molecule has 0 spiro atoms. The second-order valence-electron chi connectivity index (χ2n) is 8.57. The fourth-order valence-corrected chi connectivity index (χ4v) is 5.45. The van der Waals surface area contributed by atoms with Crippen LogP contribution in [0.3, 0.4) is 0 Å². The third-order valence-corrected chi connectivity index (χ3v) is 8.60. The van der Waals surface area contributed by atoms with E-state index in [0.717, 1.165) is 0 Å². The molecule has 1 aliphatic heterocycles. The van der Waals surface area contributed by atoms with Gasteiger partial charge in [0.1, 0.15) is 21.9 Å². The van der Waals surface area contributed by atoms with Gasteiger partial charge >= 0.3 is 0 Å². The van der Waals surface area contributed by atoms with E-state index in [0.29, 0.717) is 27.8 Å². The molecule has 10 heteroatoms. The number of benzene rings is 1. The van der Waals surface area contributed by atoms with Gasteiger partial charge in [-0.2, -0.15) is 10.2 Å². The van der Waals surface area contributed by atoms with Crippen molar-refractivity contribution in [1.29, 1.82) is 0 Å². The summed E-state index contributed by atoms with van der Waals surface area (Å²) in [5, 5.41) is 8.83. The molecule has 3 heterocycles. The van der Waals surface area contributed by atoms with Crippen LogP contribution < -0.4 is 5.73 Å². The highest BCUT2D eigenvalue weighted by Crippen LogP contribution is 2.38. The van der Waals surface area contributed by atoms with Gasteiger partial charge in [-0.05, 0) is 38.5 Å². The van der Waals surface area contributed by atoms with Gasteiger partial charge in [-0.3, -0.25) is 9.98 Å². The Labute approximate surface area is 185 Å². The summed E-state index contributed by atoms with van der Waals surface area (Å²) in [6, 6.07) is 6.16. The van der Waals surface area contributed by atoms with Crippen LogP contribution in [0.4, 0.5) is 10.1 Å². The second kappa shape index (κ2) is 7.31. The summed E-state index contributed by atoms with van der Waals surface area (Å²) in [7, 11) is -3.67. The average molecular weight is 453 g/mol. The molecule has 1 atom stereocenters. The lowest BCUT2D eigenvalue weighted by Gasteiger charge is -2.38. The van der Waals surface area contributed by atoms with Crippen LogP contribution in [0.1, 0.15) is 37.6 Å². The van der Waals surface area contributed by atoms with Gasteiger partial charge in [0, 0.05) is 23.6 Å². The molecule has 1 aliphatic rings. The lowest BCUT2D eigenvalue weighted by Crippen LogP contribution is -2.55. The number of hydrogen-bond donors (Lipinski definition) is 1. The maximum atomic E-state index is 14.9. The number of sulfone groups is 1. The van der Waals surface area contributed by atoms with Crippen molar-refractivity contribution in [3.8, 4) is 0 Å². The lowest BCUT2D eigenvalue weighted by molar-refractivity contribution is 0.475. The van der Waals surface area contributed by atoms with Gasteiger partial charge in [-0.25, -0.2) is 17.7 Å². The number of amidine groups is 1. The molecule has 0 saturated carbocycles. The number of nitrogens with two attached hydrogens (primary N) is 1. The fraction of sp³-hybridized carbons (Fsp3) is 0.318. The highest BCUT2D eigenvalue weighted by atomic mass is 32.2. The van der Waals surface area contributed by atoms with E-state index in [1.807, 2.05) is 0 Å². The lowest BCUT2D eigenvalue weighted by atomic mass is 9.91. The van der Waals surface area contributed by atoms with Crippen LogP contribution in [-0.2, 0) is 21.8 Å². The number of aromatic nitrogens is 3. The minimum atomic E-state index is -3.67. The standard InChI is InChI=1S/C22H21FN6O2S/c1-21(2)20(24)28-22(3,12-32(21,30)31)16-7-13(5-6-17(16)23)8-18-19-14(10-27-29-18)9-15(25-4)11-26-19/h5-7,9-11H,8,12H2,1-3H3,(H2,24,28)/t22-/m0/s1. The van der Waals surface area contributed by atoms with E-state index in [4.69, 9.17) is 12.3 Å². The molecule has 1 aromatic carbocycles. The van der Waals surface area contributed by atoms with Crippen molar-refractivity contribution in [1.82, 2.24) is 15.2 Å². The maximum absolute atomic E-state index is 14.9. The molecule has 0 radical (unpaired) electrons. The van der Waals surface area contributed by atoms with Crippen LogP contribution >= 0.6 is 0 Å². The summed E-state index contributed by atoms with van der Waals surface area (Å²) in [5.74, 6) is -0.967. The van der Waals surface area contributed by atoms with Gasteiger partial charge in [-0.1, -0.05) is 12.1 Å². The second-order valence-corrected chi connectivity index (χ2v) is 11.1. The molecule has 3 aromatic rings. The van der Waals surface area contributed by atoms with Gasteiger partial charge in [0.2, 0.25) is 5.69 Å². The zero-order chi connectivity index (χ0) is 23.3. The van der Waals surface area contributed by atoms with Gasteiger partial charge in [0.25, 0.3) is 0 Å². The molecule has 8 nitrogen and oxygen atoms in total. The third kappa shape index (κ3) is 3.48. The van der Waals surface area contributed by atoms with E-state index in [2.05, 4.69) is 25.0 Å². The van der Waals surface area contributed by atoms with E-state index in [-0.39, 0.29) is 23.6 Å². The maximum Gasteiger partial charge on any atom is 0.205 e. The molecule has 2 aromatic heterocycles. The quantitative estimate of drug-likeness (QED) is 0.611. The molecule has 0 unspecified atom stereocenters. The minimum Gasteiger partial charge on any atom is -0.386 e. The molecule has 2 N–H and O–H groups in total. The number of halogens is 1. The monoisotopic (exact) mass is 452 g/mol. The van der Waals surface area contributed by atoms with Crippen molar-refractivity contribution in [3.05, 3.63) is 70.7 Å². The largest absolute Gasteiger partial charge is 0.386 e.